The second kappa shape index (κ2) is 4.66. The first-order valence-corrected chi connectivity index (χ1v) is 5.25. The van der Waals surface area contributed by atoms with Gasteiger partial charge in [-0.15, -0.1) is 0 Å². The maximum Gasteiger partial charge on any atom is 0.311 e. The van der Waals surface area contributed by atoms with Crippen molar-refractivity contribution in [2.24, 2.45) is 0 Å². The van der Waals surface area contributed by atoms with Gasteiger partial charge in [0.15, 0.2) is 0 Å². The van der Waals surface area contributed by atoms with Crippen molar-refractivity contribution in [3.05, 3.63) is 30.1 Å². The number of nitriles is 1. The molecular formula is C12H11N3O2. The summed E-state index contributed by atoms with van der Waals surface area (Å²) in [6.45, 7) is 0.472. The molecule has 1 heterocycles. The largest absolute Gasteiger partial charge is 0.481 e. The fourth-order valence-electron chi connectivity index (χ4n) is 1.81. The van der Waals surface area contributed by atoms with E-state index < -0.39 is 5.97 Å². The third kappa shape index (κ3) is 2.26. The molecule has 0 radical (unpaired) electrons. The first kappa shape index (κ1) is 11.1. The maximum absolute atomic E-state index is 10.8. The standard InChI is InChI=1S/C12H11N3O2/c13-6-3-7-15-10-5-2-1-4-9(10)14-11(15)8-12(16)17/h1-2,4-5H,3,7-8H2,(H,16,17). The molecule has 0 bridgehead atoms. The van der Waals surface area contributed by atoms with Gasteiger partial charge in [0.05, 0.1) is 23.5 Å². The zero-order chi connectivity index (χ0) is 12.3. The summed E-state index contributed by atoms with van der Waals surface area (Å²) in [7, 11) is 0. The number of aromatic nitrogens is 2. The third-order valence-corrected chi connectivity index (χ3v) is 2.49. The predicted molar refractivity (Wildman–Crippen MR) is 61.3 cm³/mol. The summed E-state index contributed by atoms with van der Waals surface area (Å²) in [6.07, 6.45) is 0.215. The van der Waals surface area contributed by atoms with Gasteiger partial charge < -0.3 is 9.67 Å². The molecule has 0 saturated carbocycles. The molecular weight excluding hydrogens is 218 g/mol. The number of carboxylic acids is 1. The van der Waals surface area contributed by atoms with Crippen molar-refractivity contribution in [2.75, 3.05) is 0 Å². The smallest absolute Gasteiger partial charge is 0.311 e. The molecule has 0 aliphatic carbocycles. The van der Waals surface area contributed by atoms with Crippen LogP contribution >= 0.6 is 0 Å². The first-order chi connectivity index (χ1) is 8.22. The summed E-state index contributed by atoms with van der Waals surface area (Å²) in [5.41, 5.74) is 1.64. The molecule has 1 aromatic carbocycles. The summed E-state index contributed by atoms with van der Waals surface area (Å²) >= 11 is 0. The Bertz CT molecular complexity index is 595. The second-order valence-electron chi connectivity index (χ2n) is 3.65. The number of fused-ring (bicyclic) bond motifs is 1. The van der Waals surface area contributed by atoms with Crippen LogP contribution in [0.5, 0.6) is 0 Å². The van der Waals surface area contributed by atoms with E-state index >= 15 is 0 Å². The molecule has 17 heavy (non-hydrogen) atoms. The zero-order valence-corrected chi connectivity index (χ0v) is 9.13. The highest BCUT2D eigenvalue weighted by Crippen LogP contribution is 2.16. The highest BCUT2D eigenvalue weighted by molar-refractivity contribution is 5.78. The van der Waals surface area contributed by atoms with Gasteiger partial charge in [-0.05, 0) is 12.1 Å². The lowest BCUT2D eigenvalue weighted by atomic mass is 10.3. The molecule has 1 aromatic heterocycles. The predicted octanol–water partition coefficient (Wildman–Crippen LogP) is 1.58. The van der Waals surface area contributed by atoms with Gasteiger partial charge in [-0.3, -0.25) is 4.79 Å². The molecule has 0 saturated heterocycles. The average Bonchev–Trinajstić information content (AvgIpc) is 2.63. The summed E-state index contributed by atoms with van der Waals surface area (Å²) in [6, 6.07) is 9.50. The number of aryl methyl sites for hydroxylation is 1. The third-order valence-electron chi connectivity index (χ3n) is 2.49. The van der Waals surface area contributed by atoms with Crippen LogP contribution in [-0.4, -0.2) is 20.6 Å². The second-order valence-corrected chi connectivity index (χ2v) is 3.65. The minimum atomic E-state index is -0.918. The van der Waals surface area contributed by atoms with Crippen molar-refractivity contribution < 1.29 is 9.90 Å². The lowest BCUT2D eigenvalue weighted by Gasteiger charge is -2.04. The number of imidazole rings is 1. The average molecular weight is 229 g/mol. The number of hydrogen-bond acceptors (Lipinski definition) is 3. The lowest BCUT2D eigenvalue weighted by Crippen LogP contribution is -2.09. The van der Waals surface area contributed by atoms with Crippen molar-refractivity contribution in [3.63, 3.8) is 0 Å². The Kier molecular flexibility index (Phi) is 3.06. The van der Waals surface area contributed by atoms with Crippen molar-refractivity contribution >= 4 is 17.0 Å². The van der Waals surface area contributed by atoms with Gasteiger partial charge in [0.1, 0.15) is 12.2 Å². The zero-order valence-electron chi connectivity index (χ0n) is 9.13. The molecule has 1 N–H and O–H groups in total. The van der Waals surface area contributed by atoms with Gasteiger partial charge in [-0.25, -0.2) is 4.98 Å². The molecule has 86 valence electrons. The quantitative estimate of drug-likeness (QED) is 0.863. The Balaban J connectivity index is 2.49. The van der Waals surface area contributed by atoms with E-state index in [1.54, 1.807) is 4.57 Å². The summed E-state index contributed by atoms with van der Waals surface area (Å²) in [5.74, 6) is -0.424. The van der Waals surface area contributed by atoms with Crippen LogP contribution in [0.15, 0.2) is 24.3 Å². The molecule has 0 unspecified atom stereocenters. The Hall–Kier alpha value is -2.35. The highest BCUT2D eigenvalue weighted by Gasteiger charge is 2.12. The summed E-state index contributed by atoms with van der Waals surface area (Å²) < 4.78 is 1.80. The van der Waals surface area contributed by atoms with Gasteiger partial charge >= 0.3 is 5.97 Å². The van der Waals surface area contributed by atoms with Gasteiger partial charge in [0, 0.05) is 6.54 Å². The molecule has 2 rings (SSSR count). The van der Waals surface area contributed by atoms with Crippen LogP contribution in [0.2, 0.25) is 0 Å². The van der Waals surface area contributed by atoms with Crippen molar-refractivity contribution in [1.29, 1.82) is 5.26 Å². The number of aliphatic carboxylic acids is 1. The van der Waals surface area contributed by atoms with Crippen molar-refractivity contribution in [1.82, 2.24) is 9.55 Å². The van der Waals surface area contributed by atoms with Crippen molar-refractivity contribution in [3.8, 4) is 6.07 Å². The van der Waals surface area contributed by atoms with Crippen LogP contribution in [0, 0.1) is 11.3 Å². The van der Waals surface area contributed by atoms with Crippen LogP contribution < -0.4 is 0 Å². The molecule has 2 aromatic rings. The minimum Gasteiger partial charge on any atom is -0.481 e. The molecule has 0 aliphatic heterocycles. The van der Waals surface area contributed by atoms with E-state index in [0.29, 0.717) is 18.8 Å². The van der Waals surface area contributed by atoms with E-state index in [-0.39, 0.29) is 6.42 Å². The number of benzene rings is 1. The fourth-order valence-corrected chi connectivity index (χ4v) is 1.81. The Morgan fingerprint density at radius 2 is 2.24 bits per heavy atom. The topological polar surface area (TPSA) is 78.9 Å². The normalized spacial score (nSPS) is 10.3. The van der Waals surface area contributed by atoms with Gasteiger partial charge in [-0.1, -0.05) is 12.1 Å². The lowest BCUT2D eigenvalue weighted by molar-refractivity contribution is -0.136. The van der Waals surface area contributed by atoms with Crippen molar-refractivity contribution in [2.45, 2.75) is 19.4 Å². The van der Waals surface area contributed by atoms with E-state index in [0.717, 1.165) is 11.0 Å². The van der Waals surface area contributed by atoms with Gasteiger partial charge in [0.2, 0.25) is 0 Å². The van der Waals surface area contributed by atoms with E-state index in [1.807, 2.05) is 24.3 Å². The number of carbonyl (C=O) groups is 1. The number of nitrogens with zero attached hydrogens (tertiary/aromatic N) is 3. The Labute approximate surface area is 97.9 Å². The molecule has 0 fully saturated rings. The molecule has 0 atom stereocenters. The van der Waals surface area contributed by atoms with E-state index in [1.165, 1.54) is 0 Å². The number of hydrogen-bond donors (Lipinski definition) is 1. The molecule has 0 aliphatic rings. The maximum atomic E-state index is 10.8. The molecule has 0 amide bonds. The van der Waals surface area contributed by atoms with Crippen LogP contribution in [0.4, 0.5) is 0 Å². The molecule has 5 nitrogen and oxygen atoms in total. The van der Waals surface area contributed by atoms with Crippen LogP contribution in [0.1, 0.15) is 12.2 Å². The van der Waals surface area contributed by atoms with Crippen LogP contribution in [0.3, 0.4) is 0 Å². The summed E-state index contributed by atoms with van der Waals surface area (Å²) in [4.78, 5) is 15.0. The molecule has 5 heteroatoms. The van der Waals surface area contributed by atoms with E-state index in [4.69, 9.17) is 10.4 Å². The fraction of sp³-hybridized carbons (Fsp3) is 0.250. The summed E-state index contributed by atoms with van der Waals surface area (Å²) in [5, 5.41) is 17.4. The van der Waals surface area contributed by atoms with Gasteiger partial charge in [0.25, 0.3) is 0 Å². The first-order valence-electron chi connectivity index (χ1n) is 5.25. The van der Waals surface area contributed by atoms with E-state index in [9.17, 15) is 4.79 Å². The number of rotatable bonds is 4. The van der Waals surface area contributed by atoms with E-state index in [2.05, 4.69) is 11.1 Å². The SMILES string of the molecule is N#CCCn1c(CC(=O)O)nc2ccccc21. The van der Waals surface area contributed by atoms with Crippen LogP contribution in [0.25, 0.3) is 11.0 Å². The van der Waals surface area contributed by atoms with Gasteiger partial charge in [-0.2, -0.15) is 5.26 Å². The monoisotopic (exact) mass is 229 g/mol. The number of carboxylic acid groups (broad SMARTS) is 1. The molecule has 0 spiro atoms. The van der Waals surface area contributed by atoms with Crippen LogP contribution in [-0.2, 0) is 17.8 Å². The Morgan fingerprint density at radius 1 is 1.47 bits per heavy atom. The Morgan fingerprint density at radius 3 is 2.94 bits per heavy atom. The minimum absolute atomic E-state index is 0.125. The highest BCUT2D eigenvalue weighted by atomic mass is 16.4. The number of para-hydroxylation sites is 2.